The lowest BCUT2D eigenvalue weighted by molar-refractivity contribution is 0.0498. The van der Waals surface area contributed by atoms with Crippen LogP contribution < -0.4 is 0 Å². The van der Waals surface area contributed by atoms with Crippen LogP contribution in [-0.2, 0) is 0 Å². The first-order valence-corrected chi connectivity index (χ1v) is 4.79. The second-order valence-corrected chi connectivity index (χ2v) is 4.19. The molecule has 2 radical (unpaired) electrons. The van der Waals surface area contributed by atoms with E-state index in [1.165, 1.54) is 0 Å². The standard InChI is InChI=1S/C9H19BN2/c1-7(2)12-8(3)5-11(10)6-9(12)4/h7-9H,5-6H2,1-4H3. The highest BCUT2D eigenvalue weighted by molar-refractivity contribution is 6.04. The van der Waals surface area contributed by atoms with Gasteiger partial charge in [-0.05, 0) is 27.7 Å². The highest BCUT2D eigenvalue weighted by Crippen LogP contribution is 2.16. The van der Waals surface area contributed by atoms with E-state index in [2.05, 4.69) is 32.6 Å². The van der Waals surface area contributed by atoms with Crippen molar-refractivity contribution in [2.24, 2.45) is 0 Å². The third-order valence-corrected chi connectivity index (χ3v) is 2.61. The lowest BCUT2D eigenvalue weighted by Crippen LogP contribution is -2.58. The van der Waals surface area contributed by atoms with Crippen LogP contribution in [0.4, 0.5) is 0 Å². The molecule has 1 aliphatic heterocycles. The molecule has 1 rings (SSSR count). The van der Waals surface area contributed by atoms with Crippen LogP contribution >= 0.6 is 0 Å². The van der Waals surface area contributed by atoms with Crippen molar-refractivity contribution in [1.82, 2.24) is 9.71 Å². The SMILES string of the molecule is [B]N1CC(C)N(C(C)C)C(C)C1. The van der Waals surface area contributed by atoms with Gasteiger partial charge in [0.2, 0.25) is 0 Å². The van der Waals surface area contributed by atoms with Crippen molar-refractivity contribution in [3.05, 3.63) is 0 Å². The van der Waals surface area contributed by atoms with Crippen molar-refractivity contribution < 1.29 is 0 Å². The fourth-order valence-corrected chi connectivity index (χ4v) is 2.39. The third kappa shape index (κ3) is 2.02. The van der Waals surface area contributed by atoms with Gasteiger partial charge in [-0.3, -0.25) is 4.90 Å². The fraction of sp³-hybridized carbons (Fsp3) is 1.00. The van der Waals surface area contributed by atoms with Crippen LogP contribution in [-0.4, -0.2) is 48.9 Å². The predicted octanol–water partition coefficient (Wildman–Crippen LogP) is 0.873. The summed E-state index contributed by atoms with van der Waals surface area (Å²) in [6.45, 7) is 11.0. The summed E-state index contributed by atoms with van der Waals surface area (Å²) in [5.74, 6) is 0. The van der Waals surface area contributed by atoms with E-state index in [1.54, 1.807) is 0 Å². The molecule has 68 valence electrons. The lowest BCUT2D eigenvalue weighted by atomic mass is 10.0. The van der Waals surface area contributed by atoms with Crippen molar-refractivity contribution in [3.63, 3.8) is 0 Å². The average molecular weight is 166 g/mol. The summed E-state index contributed by atoms with van der Waals surface area (Å²) >= 11 is 0. The quantitative estimate of drug-likeness (QED) is 0.533. The Bertz CT molecular complexity index is 137. The minimum atomic E-state index is 0.582. The monoisotopic (exact) mass is 166 g/mol. The van der Waals surface area contributed by atoms with Gasteiger partial charge in [0.15, 0.2) is 7.98 Å². The summed E-state index contributed by atoms with van der Waals surface area (Å²) in [4.78, 5) is 4.46. The molecule has 0 saturated carbocycles. The van der Waals surface area contributed by atoms with Gasteiger partial charge in [-0.2, -0.15) is 0 Å². The number of rotatable bonds is 1. The Morgan fingerprint density at radius 1 is 1.17 bits per heavy atom. The maximum atomic E-state index is 5.78. The summed E-state index contributed by atoms with van der Waals surface area (Å²) in [6.07, 6.45) is 0. The Morgan fingerprint density at radius 3 is 1.92 bits per heavy atom. The summed E-state index contributed by atoms with van der Waals surface area (Å²) in [6, 6.07) is 1.79. The third-order valence-electron chi connectivity index (χ3n) is 2.61. The van der Waals surface area contributed by atoms with E-state index in [-0.39, 0.29) is 0 Å². The second-order valence-electron chi connectivity index (χ2n) is 4.19. The van der Waals surface area contributed by atoms with Crippen LogP contribution in [0.2, 0.25) is 0 Å². The van der Waals surface area contributed by atoms with E-state index in [0.717, 1.165) is 13.1 Å². The van der Waals surface area contributed by atoms with E-state index in [0.29, 0.717) is 18.1 Å². The highest BCUT2D eigenvalue weighted by atomic mass is 15.3. The summed E-state index contributed by atoms with van der Waals surface area (Å²) in [7, 11) is 5.78. The zero-order valence-corrected chi connectivity index (χ0v) is 8.62. The minimum absolute atomic E-state index is 0.582. The highest BCUT2D eigenvalue weighted by Gasteiger charge is 2.28. The van der Waals surface area contributed by atoms with E-state index in [1.807, 2.05) is 4.81 Å². The van der Waals surface area contributed by atoms with Crippen LogP contribution in [0.1, 0.15) is 27.7 Å². The first-order valence-electron chi connectivity index (χ1n) is 4.79. The molecule has 0 N–H and O–H groups in total. The maximum Gasteiger partial charge on any atom is 0.182 e. The van der Waals surface area contributed by atoms with Crippen LogP contribution in [0, 0.1) is 0 Å². The fourth-order valence-electron chi connectivity index (χ4n) is 2.39. The molecular formula is C9H19BN2. The molecule has 0 aromatic carbocycles. The van der Waals surface area contributed by atoms with Crippen molar-refractivity contribution in [2.75, 3.05) is 13.1 Å². The van der Waals surface area contributed by atoms with Gasteiger partial charge in [-0.15, -0.1) is 0 Å². The molecule has 1 fully saturated rings. The molecule has 2 nitrogen and oxygen atoms in total. The van der Waals surface area contributed by atoms with Crippen LogP contribution in [0.5, 0.6) is 0 Å². The van der Waals surface area contributed by atoms with Crippen molar-refractivity contribution >= 4 is 7.98 Å². The minimum Gasteiger partial charge on any atom is -0.351 e. The second kappa shape index (κ2) is 3.80. The van der Waals surface area contributed by atoms with Crippen molar-refractivity contribution in [1.29, 1.82) is 0 Å². The van der Waals surface area contributed by atoms with E-state index in [4.69, 9.17) is 7.98 Å². The van der Waals surface area contributed by atoms with Crippen molar-refractivity contribution in [3.8, 4) is 0 Å². The van der Waals surface area contributed by atoms with Gasteiger partial charge in [0.1, 0.15) is 0 Å². The van der Waals surface area contributed by atoms with Gasteiger partial charge < -0.3 is 4.81 Å². The molecular weight excluding hydrogens is 147 g/mol. The van der Waals surface area contributed by atoms with Crippen LogP contribution in [0.25, 0.3) is 0 Å². The van der Waals surface area contributed by atoms with Gasteiger partial charge in [-0.25, -0.2) is 0 Å². The normalized spacial score (nSPS) is 34.4. The van der Waals surface area contributed by atoms with Crippen molar-refractivity contribution in [2.45, 2.75) is 45.8 Å². The van der Waals surface area contributed by atoms with Gasteiger partial charge in [-0.1, -0.05) is 0 Å². The van der Waals surface area contributed by atoms with Crippen LogP contribution in [0.3, 0.4) is 0 Å². The van der Waals surface area contributed by atoms with Gasteiger partial charge in [0.05, 0.1) is 0 Å². The maximum absolute atomic E-state index is 5.78. The molecule has 1 heterocycles. The summed E-state index contributed by atoms with van der Waals surface area (Å²) < 4.78 is 0. The summed E-state index contributed by atoms with van der Waals surface area (Å²) in [5, 5.41) is 0. The number of piperazine rings is 1. The zero-order valence-electron chi connectivity index (χ0n) is 8.62. The Morgan fingerprint density at radius 2 is 1.58 bits per heavy atom. The number of nitrogens with zero attached hydrogens (tertiary/aromatic N) is 2. The molecule has 0 spiro atoms. The molecule has 0 aliphatic carbocycles. The average Bonchev–Trinajstić information content (AvgIpc) is 1.82. The smallest absolute Gasteiger partial charge is 0.182 e. The molecule has 1 aliphatic rings. The van der Waals surface area contributed by atoms with Gasteiger partial charge in [0.25, 0.3) is 0 Å². The molecule has 12 heavy (non-hydrogen) atoms. The van der Waals surface area contributed by atoms with E-state index in [9.17, 15) is 0 Å². The Labute approximate surface area is 77.3 Å². The van der Waals surface area contributed by atoms with Crippen LogP contribution in [0.15, 0.2) is 0 Å². The molecule has 1 saturated heterocycles. The number of hydrogen-bond donors (Lipinski definition) is 0. The first-order chi connectivity index (χ1) is 5.52. The molecule has 2 atom stereocenters. The zero-order chi connectivity index (χ0) is 9.30. The molecule has 0 aromatic heterocycles. The predicted molar refractivity (Wildman–Crippen MR) is 53.2 cm³/mol. The van der Waals surface area contributed by atoms with Gasteiger partial charge >= 0.3 is 0 Å². The Balaban J connectivity index is 2.60. The Kier molecular flexibility index (Phi) is 3.19. The molecule has 0 bridgehead atoms. The molecule has 0 amide bonds. The summed E-state index contributed by atoms with van der Waals surface area (Å²) in [5.41, 5.74) is 0. The first kappa shape index (κ1) is 10.1. The van der Waals surface area contributed by atoms with E-state index >= 15 is 0 Å². The number of hydrogen-bond acceptors (Lipinski definition) is 2. The van der Waals surface area contributed by atoms with Gasteiger partial charge in [0, 0.05) is 31.2 Å². The lowest BCUT2D eigenvalue weighted by Gasteiger charge is -2.45. The topological polar surface area (TPSA) is 6.48 Å². The Hall–Kier alpha value is -0.0151. The molecule has 0 aromatic rings. The molecule has 3 heteroatoms. The van der Waals surface area contributed by atoms with E-state index < -0.39 is 0 Å². The largest absolute Gasteiger partial charge is 0.351 e. The molecule has 2 unspecified atom stereocenters.